The van der Waals surface area contributed by atoms with E-state index in [-0.39, 0.29) is 0 Å². The van der Waals surface area contributed by atoms with Gasteiger partial charge in [0, 0.05) is 0 Å². The van der Waals surface area contributed by atoms with E-state index in [0.29, 0.717) is 0 Å². The average molecular weight is 144 g/mol. The van der Waals surface area contributed by atoms with Gasteiger partial charge in [-0.15, -0.1) is 11.6 Å². The Kier molecular flexibility index (Phi) is 2.04. The number of halogens is 1. The van der Waals surface area contributed by atoms with Crippen molar-refractivity contribution in [2.45, 2.75) is 4.71 Å². The lowest BCUT2D eigenvalue weighted by molar-refractivity contribution is 0.483. The second-order valence-electron chi connectivity index (χ2n) is 0.925. The quantitative estimate of drug-likeness (QED) is 0.424. The summed E-state index contributed by atoms with van der Waals surface area (Å²) in [6.07, 6.45) is 0. The van der Waals surface area contributed by atoms with E-state index in [0.717, 1.165) is 0 Å². The Morgan fingerprint density at radius 1 is 1.71 bits per heavy atom. The van der Waals surface area contributed by atoms with Crippen LogP contribution in [0.4, 0.5) is 0 Å². The molecule has 0 heterocycles. The predicted octanol–water partition coefficient (Wildman–Crippen LogP) is 0.273. The Balaban J connectivity index is 4.10. The summed E-state index contributed by atoms with van der Waals surface area (Å²) >= 11 is 4.80. The SMILES string of the molecule is [CH2]C(Cl)S(=O)(=O)O. The van der Waals surface area contributed by atoms with Crippen molar-refractivity contribution in [3.63, 3.8) is 0 Å². The second-order valence-corrected chi connectivity index (χ2v) is 3.31. The molecule has 1 radical (unpaired) electrons. The maximum absolute atomic E-state index is 9.69. The molecule has 1 unspecified atom stereocenters. The van der Waals surface area contributed by atoms with Crippen molar-refractivity contribution in [1.29, 1.82) is 0 Å². The third-order valence-corrected chi connectivity index (χ3v) is 1.65. The minimum absolute atomic E-state index is 1.45. The van der Waals surface area contributed by atoms with Gasteiger partial charge in [0.2, 0.25) is 0 Å². The van der Waals surface area contributed by atoms with Crippen LogP contribution in [-0.2, 0) is 10.1 Å². The minimum Gasteiger partial charge on any atom is -0.284 e. The zero-order valence-corrected chi connectivity index (χ0v) is 4.91. The van der Waals surface area contributed by atoms with Crippen LogP contribution in [0.2, 0.25) is 0 Å². The monoisotopic (exact) mass is 143 g/mol. The normalized spacial score (nSPS) is 16.4. The number of rotatable bonds is 1. The molecule has 7 heavy (non-hydrogen) atoms. The molecule has 3 nitrogen and oxygen atoms in total. The van der Waals surface area contributed by atoms with Gasteiger partial charge >= 0.3 is 0 Å². The van der Waals surface area contributed by atoms with E-state index in [9.17, 15) is 8.42 Å². The first-order valence-electron chi connectivity index (χ1n) is 1.38. The van der Waals surface area contributed by atoms with Crippen LogP contribution in [0.25, 0.3) is 0 Å². The lowest BCUT2D eigenvalue weighted by atomic mass is 11.0. The lowest BCUT2D eigenvalue weighted by Gasteiger charge is -1.91. The molecule has 43 valence electrons. The van der Waals surface area contributed by atoms with E-state index in [4.69, 9.17) is 16.2 Å². The first-order chi connectivity index (χ1) is 2.94. The van der Waals surface area contributed by atoms with Gasteiger partial charge in [0.15, 0.2) is 4.71 Å². The van der Waals surface area contributed by atoms with Crippen LogP contribution in [0.1, 0.15) is 0 Å². The van der Waals surface area contributed by atoms with E-state index in [1.807, 2.05) is 0 Å². The molecule has 0 aromatic rings. The van der Waals surface area contributed by atoms with E-state index < -0.39 is 14.8 Å². The average Bonchev–Trinajstić information content (AvgIpc) is 1.31. The summed E-state index contributed by atoms with van der Waals surface area (Å²) in [7, 11) is -4.09. The number of hydrogen-bond acceptors (Lipinski definition) is 2. The third kappa shape index (κ3) is 2.85. The third-order valence-electron chi connectivity index (χ3n) is 0.323. The fourth-order valence-corrected chi connectivity index (χ4v) is 0. The van der Waals surface area contributed by atoms with Crippen LogP contribution in [-0.4, -0.2) is 17.7 Å². The highest BCUT2D eigenvalue weighted by Gasteiger charge is 2.11. The molecule has 0 aliphatic carbocycles. The van der Waals surface area contributed by atoms with E-state index >= 15 is 0 Å². The molecule has 0 fully saturated rings. The van der Waals surface area contributed by atoms with Crippen molar-refractivity contribution >= 4 is 21.7 Å². The molecule has 0 bridgehead atoms. The predicted molar refractivity (Wildman–Crippen MR) is 26.5 cm³/mol. The molecule has 1 atom stereocenters. The van der Waals surface area contributed by atoms with Crippen molar-refractivity contribution in [2.75, 3.05) is 0 Å². The first kappa shape index (κ1) is 7.20. The van der Waals surface area contributed by atoms with Crippen LogP contribution in [0.5, 0.6) is 0 Å². The molecule has 0 spiro atoms. The highest BCUT2D eigenvalue weighted by atomic mass is 35.5. The van der Waals surface area contributed by atoms with Gasteiger partial charge in [0.1, 0.15) is 0 Å². The molecule has 0 aromatic carbocycles. The molecule has 0 aromatic heterocycles. The summed E-state index contributed by atoms with van der Waals surface area (Å²) < 4.78 is 25.8. The van der Waals surface area contributed by atoms with Gasteiger partial charge in [-0.25, -0.2) is 0 Å². The minimum atomic E-state index is -4.09. The molecule has 1 N–H and O–H groups in total. The lowest BCUT2D eigenvalue weighted by Crippen LogP contribution is -2.08. The van der Waals surface area contributed by atoms with Gasteiger partial charge in [0.05, 0.1) is 0 Å². The maximum Gasteiger partial charge on any atom is 0.281 e. The number of alkyl halides is 1. The van der Waals surface area contributed by atoms with Gasteiger partial charge in [-0.05, 0) is 6.92 Å². The highest BCUT2D eigenvalue weighted by Crippen LogP contribution is 1.99. The van der Waals surface area contributed by atoms with Crippen molar-refractivity contribution in [3.8, 4) is 0 Å². The van der Waals surface area contributed by atoms with E-state index in [2.05, 4.69) is 6.92 Å². The first-order valence-corrected chi connectivity index (χ1v) is 3.32. The molecule has 0 rings (SSSR count). The molecule has 0 amide bonds. The molecule has 0 saturated heterocycles. The largest absolute Gasteiger partial charge is 0.284 e. The van der Waals surface area contributed by atoms with Crippen molar-refractivity contribution in [2.24, 2.45) is 0 Å². The zero-order chi connectivity index (χ0) is 6.08. The molecular formula is C2H4ClO3S. The molecule has 0 aliphatic rings. The van der Waals surface area contributed by atoms with Crippen molar-refractivity contribution in [3.05, 3.63) is 6.92 Å². The zero-order valence-electron chi connectivity index (χ0n) is 3.33. The van der Waals surface area contributed by atoms with Gasteiger partial charge in [-0.3, -0.25) is 4.55 Å². The Morgan fingerprint density at radius 3 is 1.86 bits per heavy atom. The topological polar surface area (TPSA) is 54.4 Å². The Hall–Kier alpha value is 0.200. The Labute approximate surface area is 47.0 Å². The standard InChI is InChI=1S/C2H4ClO3S/c1-2(3)7(4,5)6/h2H,1H2,(H,4,5,6). The summed E-state index contributed by atoms with van der Waals surface area (Å²) in [5.74, 6) is 0. The van der Waals surface area contributed by atoms with E-state index in [1.54, 1.807) is 0 Å². The Bertz CT molecular complexity index is 135. The van der Waals surface area contributed by atoms with Crippen LogP contribution in [0, 0.1) is 6.92 Å². The van der Waals surface area contributed by atoms with Crippen LogP contribution in [0.3, 0.4) is 0 Å². The maximum atomic E-state index is 9.69. The highest BCUT2D eigenvalue weighted by molar-refractivity contribution is 7.87. The Morgan fingerprint density at radius 2 is 1.86 bits per heavy atom. The number of hydrogen-bond donors (Lipinski definition) is 1. The van der Waals surface area contributed by atoms with Crippen molar-refractivity contribution < 1.29 is 13.0 Å². The van der Waals surface area contributed by atoms with E-state index in [1.165, 1.54) is 0 Å². The van der Waals surface area contributed by atoms with Crippen molar-refractivity contribution in [1.82, 2.24) is 0 Å². The fraction of sp³-hybridized carbons (Fsp3) is 0.500. The van der Waals surface area contributed by atoms with Gasteiger partial charge in [-0.1, -0.05) is 0 Å². The summed E-state index contributed by atoms with van der Waals surface area (Å²) in [5, 5.41) is 0. The van der Waals surface area contributed by atoms with Gasteiger partial charge < -0.3 is 0 Å². The molecular weight excluding hydrogens is 140 g/mol. The van der Waals surface area contributed by atoms with Crippen LogP contribution < -0.4 is 0 Å². The van der Waals surface area contributed by atoms with Gasteiger partial charge in [-0.2, -0.15) is 8.42 Å². The fourth-order valence-electron chi connectivity index (χ4n) is 0. The molecule has 5 heteroatoms. The summed E-state index contributed by atoms with van der Waals surface area (Å²) in [6, 6.07) is 0. The van der Waals surface area contributed by atoms with Gasteiger partial charge in [0.25, 0.3) is 10.1 Å². The molecule has 0 aliphatic heterocycles. The summed E-state index contributed by atoms with van der Waals surface area (Å²) in [5.41, 5.74) is 0. The smallest absolute Gasteiger partial charge is 0.281 e. The summed E-state index contributed by atoms with van der Waals surface area (Å²) in [6.45, 7) is 2.84. The van der Waals surface area contributed by atoms with Crippen LogP contribution >= 0.6 is 11.6 Å². The summed E-state index contributed by atoms with van der Waals surface area (Å²) in [4.78, 5) is 0. The van der Waals surface area contributed by atoms with Crippen LogP contribution in [0.15, 0.2) is 0 Å². The molecule has 0 saturated carbocycles. The second kappa shape index (κ2) is 1.98.